The number of aromatic nitrogens is 1. The number of rotatable bonds is 6. The van der Waals surface area contributed by atoms with E-state index in [1.54, 1.807) is 18.3 Å². The molecule has 0 unspecified atom stereocenters. The first-order valence-electron chi connectivity index (χ1n) is 9.53. The second kappa shape index (κ2) is 8.39. The number of fused-ring (bicyclic) bond motifs is 1. The fraction of sp³-hybridized carbons (Fsp3) is 0.304. The monoisotopic (exact) mass is 394 g/mol. The highest BCUT2D eigenvalue weighted by molar-refractivity contribution is 6.07. The van der Waals surface area contributed by atoms with E-state index in [0.717, 1.165) is 11.1 Å². The first kappa shape index (κ1) is 20.5. The number of carbonyl (C=O) groups excluding carboxylic acids is 1. The van der Waals surface area contributed by atoms with Gasteiger partial charge in [-0.3, -0.25) is 9.59 Å². The number of methoxy groups -OCH3 is 2. The molecule has 0 aliphatic carbocycles. The Morgan fingerprint density at radius 2 is 1.69 bits per heavy atom. The molecule has 0 spiro atoms. The minimum Gasteiger partial charge on any atom is -0.493 e. The Kier molecular flexibility index (Phi) is 5.92. The van der Waals surface area contributed by atoms with Crippen LogP contribution in [0.1, 0.15) is 34.0 Å². The van der Waals surface area contributed by atoms with Crippen molar-refractivity contribution in [1.29, 1.82) is 0 Å². The molecule has 152 valence electrons. The molecule has 3 aromatic rings. The number of ether oxygens (including phenoxy) is 2. The molecule has 0 aliphatic heterocycles. The molecule has 0 fully saturated rings. The molecule has 0 saturated heterocycles. The van der Waals surface area contributed by atoms with Gasteiger partial charge in [-0.25, -0.2) is 0 Å². The summed E-state index contributed by atoms with van der Waals surface area (Å²) in [5.74, 6) is 0.675. The van der Waals surface area contributed by atoms with Gasteiger partial charge in [0.15, 0.2) is 11.5 Å². The van der Waals surface area contributed by atoms with Crippen molar-refractivity contribution in [2.45, 2.75) is 33.9 Å². The Balaban J connectivity index is 2.05. The lowest BCUT2D eigenvalue weighted by Gasteiger charge is -2.15. The summed E-state index contributed by atoms with van der Waals surface area (Å²) in [5.41, 5.74) is 3.61. The molecule has 0 atom stereocenters. The van der Waals surface area contributed by atoms with E-state index in [2.05, 4.69) is 11.4 Å². The van der Waals surface area contributed by atoms with E-state index in [0.29, 0.717) is 40.9 Å². The van der Waals surface area contributed by atoms with Crippen LogP contribution >= 0.6 is 0 Å². The molecule has 3 rings (SSSR count). The summed E-state index contributed by atoms with van der Waals surface area (Å²) in [6, 6.07) is 9.44. The summed E-state index contributed by atoms with van der Waals surface area (Å²) in [6.07, 6.45) is 1.61. The van der Waals surface area contributed by atoms with Crippen molar-refractivity contribution in [3.8, 4) is 11.5 Å². The summed E-state index contributed by atoms with van der Waals surface area (Å²) in [4.78, 5) is 25.8. The van der Waals surface area contributed by atoms with Crippen molar-refractivity contribution < 1.29 is 14.3 Å². The third kappa shape index (κ3) is 3.97. The van der Waals surface area contributed by atoms with Crippen LogP contribution < -0.4 is 20.3 Å². The average molecular weight is 394 g/mol. The molecular weight excluding hydrogens is 368 g/mol. The van der Waals surface area contributed by atoms with Crippen molar-refractivity contribution >= 4 is 16.7 Å². The molecule has 6 nitrogen and oxygen atoms in total. The van der Waals surface area contributed by atoms with Gasteiger partial charge < -0.3 is 19.4 Å². The van der Waals surface area contributed by atoms with E-state index in [9.17, 15) is 9.59 Å². The normalized spacial score (nSPS) is 10.8. The van der Waals surface area contributed by atoms with Gasteiger partial charge in [-0.2, -0.15) is 0 Å². The Labute approximate surface area is 170 Å². The zero-order valence-corrected chi connectivity index (χ0v) is 17.5. The van der Waals surface area contributed by atoms with Gasteiger partial charge in [0, 0.05) is 24.7 Å². The van der Waals surface area contributed by atoms with Gasteiger partial charge in [-0.15, -0.1) is 0 Å². The average Bonchev–Trinajstić information content (AvgIpc) is 2.72. The van der Waals surface area contributed by atoms with Crippen LogP contribution in [0.2, 0.25) is 0 Å². The van der Waals surface area contributed by atoms with Crippen LogP contribution in [0.25, 0.3) is 10.8 Å². The SMILES string of the molecule is CCn1cc(C(=O)NCc2ccc(C)cc2C)c2cc(OC)c(OC)cc2c1=O. The quantitative estimate of drug-likeness (QED) is 0.694. The molecule has 2 aromatic carbocycles. The smallest absolute Gasteiger partial charge is 0.258 e. The molecular formula is C23H26N2O4. The van der Waals surface area contributed by atoms with Crippen molar-refractivity contribution in [3.63, 3.8) is 0 Å². The zero-order chi connectivity index (χ0) is 21.1. The number of benzene rings is 2. The minimum atomic E-state index is -0.246. The van der Waals surface area contributed by atoms with E-state index in [-0.39, 0.29) is 11.5 Å². The number of aryl methyl sites for hydroxylation is 3. The Morgan fingerprint density at radius 1 is 1.03 bits per heavy atom. The summed E-state index contributed by atoms with van der Waals surface area (Å²) in [5, 5.41) is 3.94. The minimum absolute atomic E-state index is 0.172. The maximum atomic E-state index is 13.0. The molecule has 0 aliphatic rings. The molecule has 1 aromatic heterocycles. The lowest BCUT2D eigenvalue weighted by molar-refractivity contribution is 0.0951. The van der Waals surface area contributed by atoms with Gasteiger partial charge in [0.2, 0.25) is 0 Å². The Hall–Kier alpha value is -3.28. The van der Waals surface area contributed by atoms with E-state index >= 15 is 0 Å². The predicted octanol–water partition coefficient (Wildman–Crippen LogP) is 3.59. The molecule has 1 N–H and O–H groups in total. The molecule has 1 amide bonds. The summed E-state index contributed by atoms with van der Waals surface area (Å²) < 4.78 is 12.2. The van der Waals surface area contributed by atoms with Crippen molar-refractivity contribution in [1.82, 2.24) is 9.88 Å². The van der Waals surface area contributed by atoms with Crippen LogP contribution in [0, 0.1) is 13.8 Å². The molecule has 1 heterocycles. The zero-order valence-electron chi connectivity index (χ0n) is 17.5. The van der Waals surface area contributed by atoms with Gasteiger partial charge in [-0.05, 0) is 44.0 Å². The first-order valence-corrected chi connectivity index (χ1v) is 9.53. The van der Waals surface area contributed by atoms with E-state index in [1.165, 1.54) is 24.4 Å². The number of carbonyl (C=O) groups is 1. The second-order valence-corrected chi connectivity index (χ2v) is 7.00. The number of hydrogen-bond acceptors (Lipinski definition) is 4. The third-order valence-corrected chi connectivity index (χ3v) is 5.11. The van der Waals surface area contributed by atoms with Crippen molar-refractivity contribution in [2.75, 3.05) is 14.2 Å². The number of amides is 1. The largest absolute Gasteiger partial charge is 0.493 e. The number of nitrogens with zero attached hydrogens (tertiary/aromatic N) is 1. The van der Waals surface area contributed by atoms with Crippen LogP contribution in [-0.2, 0) is 13.1 Å². The third-order valence-electron chi connectivity index (χ3n) is 5.11. The van der Waals surface area contributed by atoms with E-state index < -0.39 is 0 Å². The van der Waals surface area contributed by atoms with Crippen molar-refractivity contribution in [2.24, 2.45) is 0 Å². The highest BCUT2D eigenvalue weighted by atomic mass is 16.5. The Morgan fingerprint density at radius 3 is 2.28 bits per heavy atom. The van der Waals surface area contributed by atoms with Crippen LogP contribution in [0.3, 0.4) is 0 Å². The Bertz CT molecular complexity index is 1130. The van der Waals surface area contributed by atoms with Crippen LogP contribution in [0.4, 0.5) is 0 Å². The highest BCUT2D eigenvalue weighted by Crippen LogP contribution is 2.32. The molecule has 0 radical (unpaired) electrons. The summed E-state index contributed by atoms with van der Waals surface area (Å²) >= 11 is 0. The summed E-state index contributed by atoms with van der Waals surface area (Å²) in [7, 11) is 3.04. The van der Waals surface area contributed by atoms with Crippen LogP contribution in [0.15, 0.2) is 41.3 Å². The molecule has 0 bridgehead atoms. The fourth-order valence-corrected chi connectivity index (χ4v) is 3.45. The number of pyridine rings is 1. The fourth-order valence-electron chi connectivity index (χ4n) is 3.45. The topological polar surface area (TPSA) is 69.6 Å². The maximum Gasteiger partial charge on any atom is 0.258 e. The predicted molar refractivity (Wildman–Crippen MR) is 114 cm³/mol. The highest BCUT2D eigenvalue weighted by Gasteiger charge is 2.18. The van der Waals surface area contributed by atoms with Gasteiger partial charge in [0.25, 0.3) is 11.5 Å². The number of nitrogens with one attached hydrogen (secondary N) is 1. The standard InChI is InChI=1S/C23H26N2O4/c1-6-25-13-19(22(26)24-12-16-8-7-14(2)9-15(16)3)17-10-20(28-4)21(29-5)11-18(17)23(25)27/h7-11,13H,6,12H2,1-5H3,(H,24,26). The van der Waals surface area contributed by atoms with Crippen LogP contribution in [0.5, 0.6) is 11.5 Å². The van der Waals surface area contributed by atoms with Gasteiger partial charge in [0.05, 0.1) is 25.2 Å². The van der Waals surface area contributed by atoms with Gasteiger partial charge in [0.1, 0.15) is 0 Å². The lowest BCUT2D eigenvalue weighted by atomic mass is 10.0. The summed E-state index contributed by atoms with van der Waals surface area (Å²) in [6.45, 7) is 6.80. The lowest BCUT2D eigenvalue weighted by Crippen LogP contribution is -2.27. The van der Waals surface area contributed by atoms with Crippen molar-refractivity contribution in [3.05, 3.63) is 69.1 Å². The van der Waals surface area contributed by atoms with E-state index in [1.807, 2.05) is 32.9 Å². The molecule has 6 heteroatoms. The maximum absolute atomic E-state index is 13.0. The first-order chi connectivity index (χ1) is 13.9. The van der Waals surface area contributed by atoms with Gasteiger partial charge in [-0.1, -0.05) is 23.8 Å². The van der Waals surface area contributed by atoms with Crippen LogP contribution in [-0.4, -0.2) is 24.7 Å². The molecule has 0 saturated carbocycles. The second-order valence-electron chi connectivity index (χ2n) is 7.00. The number of hydrogen-bond donors (Lipinski definition) is 1. The van der Waals surface area contributed by atoms with E-state index in [4.69, 9.17) is 9.47 Å². The molecule has 29 heavy (non-hydrogen) atoms. The van der Waals surface area contributed by atoms with Gasteiger partial charge >= 0.3 is 0 Å².